The molecule has 0 atom stereocenters. The molecular formula is C14H10F4N2O6S. The van der Waals surface area contributed by atoms with Crippen LogP contribution in [0.5, 0.6) is 11.5 Å². The van der Waals surface area contributed by atoms with Gasteiger partial charge in [-0.15, -0.1) is 13.2 Å². The van der Waals surface area contributed by atoms with Crippen molar-refractivity contribution in [3.8, 4) is 11.5 Å². The number of ether oxygens (including phenoxy) is 2. The van der Waals surface area contributed by atoms with Crippen LogP contribution in [0.1, 0.15) is 0 Å². The number of nitrogens with zero attached hydrogens (tertiary/aromatic N) is 1. The van der Waals surface area contributed by atoms with Crippen LogP contribution in [0, 0.1) is 15.9 Å². The molecule has 0 bridgehead atoms. The third kappa shape index (κ3) is 4.97. The van der Waals surface area contributed by atoms with Gasteiger partial charge in [0, 0.05) is 12.1 Å². The Morgan fingerprint density at radius 2 is 1.74 bits per heavy atom. The van der Waals surface area contributed by atoms with Crippen molar-refractivity contribution in [1.29, 1.82) is 0 Å². The van der Waals surface area contributed by atoms with E-state index in [9.17, 15) is 36.1 Å². The van der Waals surface area contributed by atoms with E-state index in [4.69, 9.17) is 0 Å². The van der Waals surface area contributed by atoms with E-state index < -0.39 is 43.5 Å². The highest BCUT2D eigenvalue weighted by Gasteiger charge is 2.35. The smallest absolute Gasteiger partial charge is 0.494 e. The van der Waals surface area contributed by atoms with Gasteiger partial charge in [0.25, 0.3) is 10.0 Å². The average Bonchev–Trinajstić information content (AvgIpc) is 2.53. The minimum atomic E-state index is -5.20. The zero-order chi connectivity index (χ0) is 20.4. The summed E-state index contributed by atoms with van der Waals surface area (Å²) in [6, 6.07) is 4.66. The van der Waals surface area contributed by atoms with E-state index in [1.807, 2.05) is 4.72 Å². The Bertz CT molecular complexity index is 978. The van der Waals surface area contributed by atoms with Crippen molar-refractivity contribution in [2.24, 2.45) is 0 Å². The second-order valence-corrected chi connectivity index (χ2v) is 6.57. The van der Waals surface area contributed by atoms with Gasteiger partial charge in [0.1, 0.15) is 0 Å². The number of methoxy groups -OCH3 is 1. The van der Waals surface area contributed by atoms with Crippen LogP contribution >= 0.6 is 0 Å². The first-order valence-electron chi connectivity index (χ1n) is 6.83. The summed E-state index contributed by atoms with van der Waals surface area (Å²) < 4.78 is 85.2. The van der Waals surface area contributed by atoms with Gasteiger partial charge in [0.15, 0.2) is 11.6 Å². The summed E-state index contributed by atoms with van der Waals surface area (Å²) in [5.74, 6) is -2.21. The average molecular weight is 410 g/mol. The molecule has 8 nitrogen and oxygen atoms in total. The summed E-state index contributed by atoms with van der Waals surface area (Å²) in [6.07, 6.45) is -5.20. The number of benzene rings is 2. The summed E-state index contributed by atoms with van der Waals surface area (Å²) in [5.41, 5.74) is -1.44. The number of nitro groups is 1. The van der Waals surface area contributed by atoms with Crippen molar-refractivity contribution in [1.82, 2.24) is 0 Å². The molecule has 1 N–H and O–H groups in total. The van der Waals surface area contributed by atoms with Gasteiger partial charge in [-0.1, -0.05) is 0 Å². The van der Waals surface area contributed by atoms with Gasteiger partial charge >= 0.3 is 12.0 Å². The third-order valence-electron chi connectivity index (χ3n) is 3.07. The molecule has 0 spiro atoms. The van der Waals surface area contributed by atoms with E-state index in [0.29, 0.717) is 18.2 Å². The number of hydrogen-bond acceptors (Lipinski definition) is 6. The summed E-state index contributed by atoms with van der Waals surface area (Å²) in [7, 11) is -3.26. The zero-order valence-corrected chi connectivity index (χ0v) is 14.1. The summed E-state index contributed by atoms with van der Waals surface area (Å²) in [5, 5.41) is 10.9. The zero-order valence-electron chi connectivity index (χ0n) is 13.3. The summed E-state index contributed by atoms with van der Waals surface area (Å²) >= 11 is 0. The lowest BCUT2D eigenvalue weighted by atomic mass is 10.3. The van der Waals surface area contributed by atoms with Gasteiger partial charge < -0.3 is 9.47 Å². The number of halogens is 4. The summed E-state index contributed by atoms with van der Waals surface area (Å²) in [4.78, 5) is 8.99. The lowest BCUT2D eigenvalue weighted by molar-refractivity contribution is -0.388. The normalized spacial score (nSPS) is 11.7. The Hall–Kier alpha value is -3.09. The molecular weight excluding hydrogens is 400 g/mol. The van der Waals surface area contributed by atoms with E-state index >= 15 is 0 Å². The molecule has 146 valence electrons. The van der Waals surface area contributed by atoms with Gasteiger partial charge in [-0.05, 0) is 24.3 Å². The molecule has 0 aromatic heterocycles. The van der Waals surface area contributed by atoms with Crippen molar-refractivity contribution in [2.45, 2.75) is 11.3 Å². The van der Waals surface area contributed by atoms with Gasteiger partial charge in [0.05, 0.1) is 22.6 Å². The fraction of sp³-hybridized carbons (Fsp3) is 0.143. The van der Waals surface area contributed by atoms with Crippen LogP contribution in [-0.2, 0) is 10.0 Å². The van der Waals surface area contributed by atoms with Gasteiger partial charge in [0.2, 0.25) is 5.75 Å². The van der Waals surface area contributed by atoms with Crippen molar-refractivity contribution >= 4 is 21.4 Å². The first-order chi connectivity index (χ1) is 12.4. The topological polar surface area (TPSA) is 108 Å². The second-order valence-electron chi connectivity index (χ2n) is 4.89. The van der Waals surface area contributed by atoms with E-state index in [-0.39, 0.29) is 11.4 Å². The van der Waals surface area contributed by atoms with Crippen LogP contribution in [0.3, 0.4) is 0 Å². The number of alkyl halides is 3. The molecule has 2 rings (SSSR count). The monoisotopic (exact) mass is 410 g/mol. The Labute approximate surface area is 149 Å². The number of rotatable bonds is 6. The minimum Gasteiger partial charge on any atom is -0.494 e. The first kappa shape index (κ1) is 20.2. The Kier molecular flexibility index (Phi) is 5.44. The number of hydrogen-bond donors (Lipinski definition) is 1. The Balaban J connectivity index is 2.39. The van der Waals surface area contributed by atoms with E-state index in [2.05, 4.69) is 9.47 Å². The SMILES string of the molecule is COc1ccc(NS(=O)(=O)c2ccc(OC(F)(F)F)c([N+](=O)[O-])c2)cc1F. The minimum absolute atomic E-state index is 0.151. The van der Waals surface area contributed by atoms with E-state index in [0.717, 1.165) is 18.2 Å². The van der Waals surface area contributed by atoms with Crippen LogP contribution in [0.15, 0.2) is 41.3 Å². The molecule has 0 aliphatic rings. The van der Waals surface area contributed by atoms with Crippen molar-refractivity contribution in [3.05, 3.63) is 52.3 Å². The predicted molar refractivity (Wildman–Crippen MR) is 83.5 cm³/mol. The van der Waals surface area contributed by atoms with E-state index in [1.165, 1.54) is 7.11 Å². The maximum atomic E-state index is 13.6. The number of nitrogens with one attached hydrogen (secondary N) is 1. The first-order valence-corrected chi connectivity index (χ1v) is 8.32. The van der Waals surface area contributed by atoms with Crippen LogP contribution < -0.4 is 14.2 Å². The highest BCUT2D eigenvalue weighted by Crippen LogP contribution is 2.34. The number of sulfonamides is 1. The van der Waals surface area contributed by atoms with Crippen molar-refractivity contribution in [3.63, 3.8) is 0 Å². The molecule has 0 heterocycles. The van der Waals surface area contributed by atoms with Crippen molar-refractivity contribution < 1.29 is 40.4 Å². The molecule has 0 radical (unpaired) electrons. The lowest BCUT2D eigenvalue weighted by Gasteiger charge is -2.12. The van der Waals surface area contributed by atoms with E-state index in [1.54, 1.807) is 0 Å². The molecule has 0 saturated heterocycles. The standard InChI is InChI=1S/C14H10F4N2O6S/c1-25-12-4-2-8(6-10(12)15)19-27(23,24)9-3-5-13(26-14(16,17)18)11(7-9)20(21)22/h2-7,19H,1H3. The highest BCUT2D eigenvalue weighted by molar-refractivity contribution is 7.92. The fourth-order valence-corrected chi connectivity index (χ4v) is 3.03. The van der Waals surface area contributed by atoms with Gasteiger partial charge in [-0.2, -0.15) is 0 Å². The van der Waals surface area contributed by atoms with Gasteiger partial charge in [-0.25, -0.2) is 12.8 Å². The third-order valence-corrected chi connectivity index (χ3v) is 4.45. The molecule has 27 heavy (non-hydrogen) atoms. The number of anilines is 1. The van der Waals surface area contributed by atoms with Gasteiger partial charge in [-0.3, -0.25) is 14.8 Å². The number of nitro benzene ring substituents is 1. The summed E-state index contributed by atoms with van der Waals surface area (Å²) in [6.45, 7) is 0. The molecule has 0 amide bonds. The second kappa shape index (κ2) is 7.26. The maximum Gasteiger partial charge on any atom is 0.573 e. The van der Waals surface area contributed by atoms with Crippen LogP contribution in [-0.4, -0.2) is 26.8 Å². The predicted octanol–water partition coefficient (Wildman–Crippen LogP) is 3.44. The molecule has 0 fully saturated rings. The highest BCUT2D eigenvalue weighted by atomic mass is 32.2. The maximum absolute atomic E-state index is 13.6. The quantitative estimate of drug-likeness (QED) is 0.444. The molecule has 0 aliphatic heterocycles. The fourth-order valence-electron chi connectivity index (χ4n) is 1.96. The molecule has 0 aliphatic carbocycles. The molecule has 2 aromatic rings. The Morgan fingerprint density at radius 1 is 1.11 bits per heavy atom. The molecule has 0 saturated carbocycles. The molecule has 2 aromatic carbocycles. The van der Waals surface area contributed by atoms with Crippen LogP contribution in [0.25, 0.3) is 0 Å². The lowest BCUT2D eigenvalue weighted by Crippen LogP contribution is -2.18. The largest absolute Gasteiger partial charge is 0.573 e. The Morgan fingerprint density at radius 3 is 2.26 bits per heavy atom. The van der Waals surface area contributed by atoms with Crippen LogP contribution in [0.2, 0.25) is 0 Å². The van der Waals surface area contributed by atoms with Crippen LogP contribution in [0.4, 0.5) is 28.9 Å². The van der Waals surface area contributed by atoms with Crippen molar-refractivity contribution in [2.75, 3.05) is 11.8 Å². The molecule has 0 unspecified atom stereocenters. The molecule has 13 heteroatoms.